The van der Waals surface area contributed by atoms with Gasteiger partial charge in [-0.2, -0.15) is 0 Å². The second kappa shape index (κ2) is 4.18. The first kappa shape index (κ1) is 10.4. The third-order valence-electron chi connectivity index (χ3n) is 2.46. The third kappa shape index (κ3) is 2.12. The van der Waals surface area contributed by atoms with Crippen LogP contribution in [-0.4, -0.2) is 29.2 Å². The fraction of sp³-hybridized carbons (Fsp3) is 0.556. The lowest BCUT2D eigenvalue weighted by molar-refractivity contribution is 0.286. The highest BCUT2D eigenvalue weighted by molar-refractivity contribution is 6.35. The molecule has 2 rings (SSSR count). The molecule has 0 saturated carbocycles. The molecule has 15 heavy (non-hydrogen) atoms. The Hall–Kier alpha value is -1.10. The van der Waals surface area contributed by atoms with Crippen molar-refractivity contribution in [3.63, 3.8) is 0 Å². The second-order valence-electron chi connectivity index (χ2n) is 3.58. The Labute approximate surface area is 92.3 Å². The van der Waals surface area contributed by atoms with Crippen molar-refractivity contribution < 1.29 is 4.39 Å². The smallest absolute Gasteiger partial charge is 0.153 e. The van der Waals surface area contributed by atoms with Gasteiger partial charge in [0.25, 0.3) is 0 Å². The van der Waals surface area contributed by atoms with Crippen molar-refractivity contribution in [1.29, 1.82) is 0 Å². The summed E-state index contributed by atoms with van der Waals surface area (Å²) in [7, 11) is 0. The highest BCUT2D eigenvalue weighted by Gasteiger charge is 2.22. The quantitative estimate of drug-likeness (QED) is 0.797. The molecule has 2 heterocycles. The SMILES string of the molecule is Nc1ncnc(N2CCCC(F)C2)c1Cl. The molecule has 1 saturated heterocycles. The number of piperidine rings is 1. The summed E-state index contributed by atoms with van der Waals surface area (Å²) in [6.07, 6.45) is 1.94. The molecular weight excluding hydrogens is 219 g/mol. The van der Waals surface area contributed by atoms with Crippen LogP contribution in [0.5, 0.6) is 0 Å². The zero-order valence-corrected chi connectivity index (χ0v) is 8.91. The average Bonchev–Trinajstić information content (AvgIpc) is 2.22. The van der Waals surface area contributed by atoms with Crippen LogP contribution in [0.1, 0.15) is 12.8 Å². The van der Waals surface area contributed by atoms with E-state index in [2.05, 4.69) is 9.97 Å². The van der Waals surface area contributed by atoms with Crippen LogP contribution in [-0.2, 0) is 0 Å². The van der Waals surface area contributed by atoms with E-state index in [0.29, 0.717) is 23.8 Å². The molecule has 1 aliphatic rings. The van der Waals surface area contributed by atoms with Crippen LogP contribution in [0.25, 0.3) is 0 Å². The van der Waals surface area contributed by atoms with Crippen LogP contribution in [0, 0.1) is 0 Å². The Bertz CT molecular complexity index is 360. The van der Waals surface area contributed by atoms with E-state index in [1.807, 2.05) is 4.90 Å². The number of rotatable bonds is 1. The van der Waals surface area contributed by atoms with Crippen molar-refractivity contribution >= 4 is 23.2 Å². The topological polar surface area (TPSA) is 55.0 Å². The summed E-state index contributed by atoms with van der Waals surface area (Å²) in [6.45, 7) is 1.09. The van der Waals surface area contributed by atoms with Crippen LogP contribution >= 0.6 is 11.6 Å². The van der Waals surface area contributed by atoms with Crippen molar-refractivity contribution in [2.45, 2.75) is 19.0 Å². The molecule has 1 aromatic rings. The zero-order valence-electron chi connectivity index (χ0n) is 8.16. The van der Waals surface area contributed by atoms with Crippen molar-refractivity contribution in [2.24, 2.45) is 0 Å². The summed E-state index contributed by atoms with van der Waals surface area (Å²) >= 11 is 5.96. The van der Waals surface area contributed by atoms with Gasteiger partial charge in [-0.3, -0.25) is 0 Å². The summed E-state index contributed by atoms with van der Waals surface area (Å²) in [6, 6.07) is 0. The number of halogens is 2. The minimum atomic E-state index is -0.814. The van der Waals surface area contributed by atoms with Gasteiger partial charge in [-0.05, 0) is 12.8 Å². The molecule has 1 fully saturated rings. The molecule has 2 N–H and O–H groups in total. The first-order valence-electron chi connectivity index (χ1n) is 4.83. The Balaban J connectivity index is 2.24. The fourth-order valence-electron chi connectivity index (χ4n) is 1.71. The Morgan fingerprint density at radius 1 is 1.53 bits per heavy atom. The number of nitrogens with zero attached hydrogens (tertiary/aromatic N) is 3. The van der Waals surface area contributed by atoms with Crippen molar-refractivity contribution in [3.8, 4) is 0 Å². The number of alkyl halides is 1. The molecule has 0 aromatic carbocycles. The summed E-state index contributed by atoms with van der Waals surface area (Å²) in [5.41, 5.74) is 5.56. The van der Waals surface area contributed by atoms with Gasteiger partial charge in [0.2, 0.25) is 0 Å². The van der Waals surface area contributed by atoms with Gasteiger partial charge in [-0.25, -0.2) is 14.4 Å². The second-order valence-corrected chi connectivity index (χ2v) is 3.96. The fourth-order valence-corrected chi connectivity index (χ4v) is 1.93. The van der Waals surface area contributed by atoms with Gasteiger partial charge < -0.3 is 10.6 Å². The van der Waals surface area contributed by atoms with Crippen molar-refractivity contribution in [1.82, 2.24) is 9.97 Å². The zero-order chi connectivity index (χ0) is 10.8. The van der Waals surface area contributed by atoms with Crippen LogP contribution in [0.4, 0.5) is 16.0 Å². The Kier molecular flexibility index (Phi) is 2.90. The number of hydrogen-bond donors (Lipinski definition) is 1. The molecule has 0 radical (unpaired) electrons. The summed E-state index contributed by atoms with van der Waals surface area (Å²) in [5.74, 6) is 0.772. The van der Waals surface area contributed by atoms with Gasteiger partial charge in [0.15, 0.2) is 5.82 Å². The van der Waals surface area contributed by atoms with Crippen LogP contribution < -0.4 is 10.6 Å². The van der Waals surface area contributed by atoms with Crippen molar-refractivity contribution in [2.75, 3.05) is 23.7 Å². The lowest BCUT2D eigenvalue weighted by atomic mass is 10.1. The lowest BCUT2D eigenvalue weighted by Crippen LogP contribution is -2.37. The molecule has 1 unspecified atom stereocenters. The van der Waals surface area contributed by atoms with E-state index in [0.717, 1.165) is 13.0 Å². The van der Waals surface area contributed by atoms with Gasteiger partial charge in [-0.1, -0.05) is 11.6 Å². The molecule has 1 aliphatic heterocycles. The molecule has 0 spiro atoms. The van der Waals surface area contributed by atoms with Gasteiger partial charge in [0, 0.05) is 6.54 Å². The molecule has 1 aromatic heterocycles. The molecule has 1 atom stereocenters. The van der Waals surface area contributed by atoms with Crippen LogP contribution in [0.3, 0.4) is 0 Å². The van der Waals surface area contributed by atoms with E-state index in [-0.39, 0.29) is 5.82 Å². The van der Waals surface area contributed by atoms with E-state index in [4.69, 9.17) is 17.3 Å². The molecule has 4 nitrogen and oxygen atoms in total. The van der Waals surface area contributed by atoms with E-state index < -0.39 is 6.17 Å². The number of nitrogens with two attached hydrogens (primary N) is 1. The first-order chi connectivity index (χ1) is 7.18. The minimum Gasteiger partial charge on any atom is -0.382 e. The minimum absolute atomic E-state index is 0.239. The van der Waals surface area contributed by atoms with E-state index in [9.17, 15) is 4.39 Å². The maximum absolute atomic E-state index is 13.2. The normalized spacial score (nSPS) is 21.7. The Morgan fingerprint density at radius 2 is 2.33 bits per heavy atom. The first-order valence-corrected chi connectivity index (χ1v) is 5.21. The molecule has 0 amide bonds. The van der Waals surface area contributed by atoms with E-state index >= 15 is 0 Å². The molecule has 6 heteroatoms. The Morgan fingerprint density at radius 3 is 3.07 bits per heavy atom. The maximum atomic E-state index is 13.2. The predicted octanol–water partition coefficient (Wildman–Crippen LogP) is 1.65. The number of hydrogen-bond acceptors (Lipinski definition) is 4. The largest absolute Gasteiger partial charge is 0.382 e. The van der Waals surface area contributed by atoms with Crippen LogP contribution in [0.2, 0.25) is 5.02 Å². The maximum Gasteiger partial charge on any atom is 0.153 e. The predicted molar refractivity (Wildman–Crippen MR) is 57.8 cm³/mol. The van der Waals surface area contributed by atoms with Gasteiger partial charge in [0.1, 0.15) is 23.3 Å². The lowest BCUT2D eigenvalue weighted by Gasteiger charge is -2.30. The monoisotopic (exact) mass is 230 g/mol. The number of anilines is 2. The highest BCUT2D eigenvalue weighted by Crippen LogP contribution is 2.29. The average molecular weight is 231 g/mol. The van der Waals surface area contributed by atoms with E-state index in [1.165, 1.54) is 6.33 Å². The highest BCUT2D eigenvalue weighted by atomic mass is 35.5. The van der Waals surface area contributed by atoms with E-state index in [1.54, 1.807) is 0 Å². The molecular formula is C9H12ClFN4. The van der Waals surface area contributed by atoms with Gasteiger partial charge in [-0.15, -0.1) is 0 Å². The van der Waals surface area contributed by atoms with Gasteiger partial charge in [0.05, 0.1) is 6.54 Å². The molecule has 82 valence electrons. The van der Waals surface area contributed by atoms with Crippen LogP contribution in [0.15, 0.2) is 6.33 Å². The summed E-state index contributed by atoms with van der Waals surface area (Å²) in [5, 5.41) is 0.312. The van der Waals surface area contributed by atoms with Crippen molar-refractivity contribution in [3.05, 3.63) is 11.3 Å². The standard InChI is InChI=1S/C9H12ClFN4/c10-7-8(12)13-5-14-9(7)15-3-1-2-6(11)4-15/h5-6H,1-4H2,(H2,12,13,14). The summed E-state index contributed by atoms with van der Waals surface area (Å²) < 4.78 is 13.2. The summed E-state index contributed by atoms with van der Waals surface area (Å²) in [4.78, 5) is 9.61. The number of aromatic nitrogens is 2. The molecule has 0 bridgehead atoms. The van der Waals surface area contributed by atoms with Gasteiger partial charge >= 0.3 is 0 Å². The third-order valence-corrected chi connectivity index (χ3v) is 2.82. The molecule has 0 aliphatic carbocycles. The number of nitrogen functional groups attached to an aromatic ring is 1.